The van der Waals surface area contributed by atoms with Gasteiger partial charge in [-0.05, 0) is 36.4 Å². The first-order valence-corrected chi connectivity index (χ1v) is 14.7. The van der Waals surface area contributed by atoms with Crippen LogP contribution >= 0.6 is 7.14 Å². The third-order valence-electron chi connectivity index (χ3n) is 7.87. The van der Waals surface area contributed by atoms with Gasteiger partial charge in [0.15, 0.2) is 7.14 Å². The molecule has 0 N–H and O–H groups in total. The molecule has 1 unspecified atom stereocenters. The maximum absolute atomic E-state index is 15.9. The minimum atomic E-state index is -3.28. The predicted octanol–water partition coefficient (Wildman–Crippen LogP) is 6.64. The van der Waals surface area contributed by atoms with Gasteiger partial charge >= 0.3 is 0 Å². The number of imidazole rings is 1. The van der Waals surface area contributed by atoms with Crippen molar-refractivity contribution < 1.29 is 4.57 Å². The maximum Gasteiger partial charge on any atom is 0.177 e. The molecule has 0 saturated heterocycles. The van der Waals surface area contributed by atoms with E-state index < -0.39 is 7.14 Å². The molecule has 0 saturated carbocycles. The molecule has 0 aliphatic carbocycles. The quantitative estimate of drug-likeness (QED) is 0.251. The van der Waals surface area contributed by atoms with Crippen molar-refractivity contribution >= 4 is 55.9 Å². The van der Waals surface area contributed by atoms with E-state index in [-0.39, 0.29) is 0 Å². The molecule has 182 valence electrons. The molecule has 1 aliphatic rings. The monoisotopic (exact) mass is 509 g/mol. The summed E-state index contributed by atoms with van der Waals surface area (Å²) in [7, 11) is -3.28. The van der Waals surface area contributed by atoms with Crippen LogP contribution < -0.4 is 15.9 Å². The highest BCUT2D eigenvalue weighted by molar-refractivity contribution is 7.86. The minimum absolute atomic E-state index is 0.781. The molecule has 1 atom stereocenters. The van der Waals surface area contributed by atoms with Crippen LogP contribution in [0.5, 0.6) is 0 Å². The highest BCUT2D eigenvalue weighted by Crippen LogP contribution is 2.51. The number of hydrogen-bond donors (Lipinski definition) is 0. The summed E-state index contributed by atoms with van der Waals surface area (Å²) in [5.41, 5.74) is 5.94. The van der Waals surface area contributed by atoms with Crippen molar-refractivity contribution in [1.82, 2.24) is 14.1 Å². The second-order valence-corrected chi connectivity index (χ2v) is 12.5. The Labute approximate surface area is 220 Å². The van der Waals surface area contributed by atoms with Crippen molar-refractivity contribution in [2.24, 2.45) is 0 Å². The van der Waals surface area contributed by atoms with E-state index in [4.69, 9.17) is 4.98 Å². The van der Waals surface area contributed by atoms with E-state index in [9.17, 15) is 0 Å². The molecule has 0 bridgehead atoms. The van der Waals surface area contributed by atoms with Crippen molar-refractivity contribution in [3.63, 3.8) is 0 Å². The highest BCUT2D eigenvalue weighted by Gasteiger charge is 2.42. The number of benzene rings is 5. The molecule has 2 aromatic heterocycles. The van der Waals surface area contributed by atoms with Crippen LogP contribution in [0.4, 0.5) is 0 Å². The summed E-state index contributed by atoms with van der Waals surface area (Å²) in [4.78, 5) is 5.04. The average molecular weight is 510 g/mol. The van der Waals surface area contributed by atoms with Gasteiger partial charge in [0.1, 0.15) is 5.82 Å². The number of aryl methyl sites for hydroxylation is 1. The Kier molecular flexibility index (Phi) is 4.45. The first-order valence-electron chi connectivity index (χ1n) is 13.0. The van der Waals surface area contributed by atoms with Crippen LogP contribution in [-0.2, 0) is 11.0 Å². The summed E-state index contributed by atoms with van der Waals surface area (Å²) in [6, 6.07) is 39.3. The van der Waals surface area contributed by atoms with Gasteiger partial charge in [0.25, 0.3) is 0 Å². The van der Waals surface area contributed by atoms with Crippen LogP contribution in [0, 0.1) is 0 Å². The van der Waals surface area contributed by atoms with E-state index in [1.54, 1.807) is 0 Å². The van der Waals surface area contributed by atoms with E-state index in [1.165, 1.54) is 10.8 Å². The van der Waals surface area contributed by atoms with Gasteiger partial charge in [0.05, 0.1) is 38.7 Å². The molecule has 0 spiro atoms. The maximum atomic E-state index is 15.9. The Balaban J connectivity index is 1.63. The van der Waals surface area contributed by atoms with Crippen molar-refractivity contribution in [3.8, 4) is 11.4 Å². The zero-order chi connectivity index (χ0) is 25.4. The summed E-state index contributed by atoms with van der Waals surface area (Å²) in [5.74, 6) is 0.979. The number of rotatable bonds is 3. The van der Waals surface area contributed by atoms with Gasteiger partial charge in [0.2, 0.25) is 0 Å². The molecular formula is C33H24N3OP. The lowest BCUT2D eigenvalue weighted by atomic mass is 10.2. The zero-order valence-electron chi connectivity index (χ0n) is 20.9. The van der Waals surface area contributed by atoms with Gasteiger partial charge in [-0.2, -0.15) is 0 Å². The lowest BCUT2D eigenvalue weighted by Gasteiger charge is -2.31. The van der Waals surface area contributed by atoms with Crippen LogP contribution in [-0.4, -0.2) is 14.1 Å². The van der Waals surface area contributed by atoms with E-state index >= 15 is 4.57 Å². The van der Waals surface area contributed by atoms with Crippen LogP contribution in [0.1, 0.15) is 12.7 Å². The molecule has 0 radical (unpaired) electrons. The lowest BCUT2D eigenvalue weighted by Crippen LogP contribution is -2.35. The fourth-order valence-corrected chi connectivity index (χ4v) is 9.48. The lowest BCUT2D eigenvalue weighted by molar-refractivity contribution is 0.592. The molecule has 3 heterocycles. The third-order valence-corrected chi connectivity index (χ3v) is 11.0. The Bertz CT molecular complexity index is 2050. The normalized spacial score (nSPS) is 16.3. The second-order valence-electron chi connectivity index (χ2n) is 9.82. The van der Waals surface area contributed by atoms with Crippen LogP contribution in [0.25, 0.3) is 44.2 Å². The van der Waals surface area contributed by atoms with Crippen LogP contribution in [0.15, 0.2) is 115 Å². The molecular weight excluding hydrogens is 485 g/mol. The Morgan fingerprint density at radius 2 is 1.29 bits per heavy atom. The van der Waals surface area contributed by atoms with Crippen molar-refractivity contribution in [2.45, 2.75) is 13.3 Å². The molecule has 0 fully saturated rings. The van der Waals surface area contributed by atoms with E-state index in [1.807, 2.05) is 48.5 Å². The predicted molar refractivity (Wildman–Crippen MR) is 158 cm³/mol. The van der Waals surface area contributed by atoms with Crippen LogP contribution in [0.2, 0.25) is 0 Å². The summed E-state index contributed by atoms with van der Waals surface area (Å²) in [6.45, 7) is 2.13. The van der Waals surface area contributed by atoms with Crippen molar-refractivity contribution in [3.05, 3.63) is 121 Å². The minimum Gasteiger partial charge on any atom is -0.308 e. The summed E-state index contributed by atoms with van der Waals surface area (Å²) < 4.78 is 20.4. The third kappa shape index (κ3) is 2.65. The molecule has 4 nitrogen and oxygen atoms in total. The van der Waals surface area contributed by atoms with Crippen molar-refractivity contribution in [2.75, 3.05) is 0 Å². The average Bonchev–Trinajstić information content (AvgIpc) is 3.52. The van der Waals surface area contributed by atoms with Gasteiger partial charge in [-0.15, -0.1) is 0 Å². The fraction of sp³-hybridized carbons (Fsp3) is 0.0606. The molecule has 8 rings (SSSR count). The van der Waals surface area contributed by atoms with E-state index in [0.717, 1.165) is 61.6 Å². The molecule has 7 aromatic rings. The number of fused-ring (bicyclic) bond motifs is 5. The van der Waals surface area contributed by atoms with Crippen molar-refractivity contribution in [1.29, 1.82) is 0 Å². The SMILES string of the molecule is CCc1nc2ccc(-n3c4ccccc4c4ccccc43)c3c2n1-c1ccccc1P3(=O)c1ccccc1. The largest absolute Gasteiger partial charge is 0.308 e. The van der Waals surface area contributed by atoms with Gasteiger partial charge in [-0.3, -0.25) is 4.57 Å². The molecule has 5 aromatic carbocycles. The number of nitrogens with zero attached hydrogens (tertiary/aromatic N) is 3. The van der Waals surface area contributed by atoms with E-state index in [0.29, 0.717) is 0 Å². The first kappa shape index (κ1) is 21.7. The Morgan fingerprint density at radius 1 is 0.658 bits per heavy atom. The number of hydrogen-bond acceptors (Lipinski definition) is 2. The molecule has 0 amide bonds. The Hall–Kier alpha value is -4.40. The Morgan fingerprint density at radius 3 is 2.00 bits per heavy atom. The summed E-state index contributed by atoms with van der Waals surface area (Å²) in [5, 5.41) is 4.93. The van der Waals surface area contributed by atoms with E-state index in [2.05, 4.69) is 82.8 Å². The number of para-hydroxylation sites is 3. The molecule has 5 heteroatoms. The first-order chi connectivity index (χ1) is 18.7. The smallest absolute Gasteiger partial charge is 0.177 e. The summed E-state index contributed by atoms with van der Waals surface area (Å²) >= 11 is 0. The standard InChI is InChI=1S/C33H24N3OP/c1-2-31-34-25-20-21-29(35-26-16-8-6-14-23(26)24-15-7-9-17-27(24)35)33-32(25)36(31)28-18-10-11-19-30(28)38(33,37)22-12-4-3-5-13-22/h3-21H,2H2,1H3. The van der Waals surface area contributed by atoms with Gasteiger partial charge in [-0.1, -0.05) is 85.8 Å². The van der Waals surface area contributed by atoms with Gasteiger partial charge < -0.3 is 9.13 Å². The fourth-order valence-electron chi connectivity index (χ4n) is 6.30. The topological polar surface area (TPSA) is 39.8 Å². The highest BCUT2D eigenvalue weighted by atomic mass is 31.2. The molecule has 38 heavy (non-hydrogen) atoms. The van der Waals surface area contributed by atoms with Gasteiger partial charge in [0, 0.05) is 27.8 Å². The zero-order valence-corrected chi connectivity index (χ0v) is 21.8. The molecule has 1 aliphatic heterocycles. The summed E-state index contributed by atoms with van der Waals surface area (Å²) in [6.07, 6.45) is 0.781. The second kappa shape index (κ2) is 7.80. The van der Waals surface area contributed by atoms with Gasteiger partial charge in [-0.25, -0.2) is 4.98 Å². The van der Waals surface area contributed by atoms with Crippen LogP contribution in [0.3, 0.4) is 0 Å². The number of aromatic nitrogens is 3.